The molecule has 6 nitrogen and oxygen atoms in total. The topological polar surface area (TPSA) is 56.6 Å². The Morgan fingerprint density at radius 2 is 1.97 bits per heavy atom. The highest BCUT2D eigenvalue weighted by Gasteiger charge is 2.46. The Bertz CT molecular complexity index is 1060. The van der Waals surface area contributed by atoms with Crippen LogP contribution in [0.25, 0.3) is 0 Å². The van der Waals surface area contributed by atoms with Crippen molar-refractivity contribution in [1.29, 1.82) is 0 Å². The van der Waals surface area contributed by atoms with Gasteiger partial charge in [0.1, 0.15) is 12.4 Å². The van der Waals surface area contributed by atoms with Crippen molar-refractivity contribution in [3.05, 3.63) is 58.4 Å². The summed E-state index contributed by atoms with van der Waals surface area (Å²) >= 11 is 1.23. The minimum absolute atomic E-state index is 0.0276. The molecule has 1 amide bonds. The molecule has 2 aromatic heterocycles. The molecular formula is C21H20F3N3O3S. The Hall–Kier alpha value is -3.01. The van der Waals surface area contributed by atoms with Gasteiger partial charge in [0, 0.05) is 18.2 Å². The number of rotatable bonds is 6. The van der Waals surface area contributed by atoms with Crippen molar-refractivity contribution >= 4 is 23.1 Å². The van der Waals surface area contributed by atoms with Crippen molar-refractivity contribution in [2.24, 2.45) is 0 Å². The van der Waals surface area contributed by atoms with Gasteiger partial charge in [-0.3, -0.25) is 9.69 Å². The number of thiophene rings is 1. The molecule has 0 saturated carbocycles. The zero-order valence-electron chi connectivity index (χ0n) is 16.6. The molecule has 0 fully saturated rings. The summed E-state index contributed by atoms with van der Waals surface area (Å²) in [6.07, 6.45) is -3.37. The van der Waals surface area contributed by atoms with Crippen LogP contribution in [0.5, 0.6) is 11.5 Å². The molecule has 10 heteroatoms. The Morgan fingerprint density at radius 3 is 2.68 bits per heavy atom. The lowest BCUT2D eigenvalue weighted by molar-refractivity contribution is -0.172. The number of hydrogen-bond acceptors (Lipinski definition) is 5. The molecule has 0 saturated heterocycles. The molecule has 1 aromatic carbocycles. The predicted octanol–water partition coefficient (Wildman–Crippen LogP) is 5.08. The summed E-state index contributed by atoms with van der Waals surface area (Å²) in [4.78, 5) is 14.8. The number of anilines is 1. The van der Waals surface area contributed by atoms with Gasteiger partial charge < -0.3 is 9.47 Å². The van der Waals surface area contributed by atoms with Crippen LogP contribution in [0.3, 0.4) is 0 Å². The molecule has 164 valence electrons. The number of ether oxygens (including phenoxy) is 2. The fourth-order valence-electron chi connectivity index (χ4n) is 3.46. The first-order valence-corrected chi connectivity index (χ1v) is 10.6. The van der Waals surface area contributed by atoms with Gasteiger partial charge in [0.05, 0.1) is 17.7 Å². The molecule has 1 atom stereocenters. The van der Waals surface area contributed by atoms with Crippen molar-refractivity contribution in [1.82, 2.24) is 9.78 Å². The number of hydrogen-bond donors (Lipinski definition) is 0. The Balaban J connectivity index is 1.47. The van der Waals surface area contributed by atoms with Crippen molar-refractivity contribution in [2.45, 2.75) is 32.2 Å². The van der Waals surface area contributed by atoms with Crippen LogP contribution in [0.2, 0.25) is 0 Å². The van der Waals surface area contributed by atoms with Gasteiger partial charge in [0.25, 0.3) is 5.91 Å². The van der Waals surface area contributed by atoms with Crippen molar-refractivity contribution in [2.75, 3.05) is 18.1 Å². The number of carbonyl (C=O) groups is 1. The van der Waals surface area contributed by atoms with Gasteiger partial charge in [0.15, 0.2) is 17.5 Å². The van der Waals surface area contributed by atoms with Crippen LogP contribution >= 0.6 is 11.3 Å². The monoisotopic (exact) mass is 451 g/mol. The maximum absolute atomic E-state index is 13.3. The lowest BCUT2D eigenvalue weighted by atomic mass is 10.1. The van der Waals surface area contributed by atoms with E-state index in [2.05, 4.69) is 5.10 Å². The van der Waals surface area contributed by atoms with Gasteiger partial charge in [-0.05, 0) is 36.9 Å². The maximum Gasteiger partial charge on any atom is 0.410 e. The Labute approximate surface area is 180 Å². The molecular weight excluding hydrogens is 431 g/mol. The number of carbonyl (C=O) groups excluding carboxylic acids is 1. The average Bonchev–Trinajstić information content (AvgIpc) is 3.41. The summed E-state index contributed by atoms with van der Waals surface area (Å²) in [7, 11) is 0. The van der Waals surface area contributed by atoms with E-state index in [4.69, 9.17) is 9.47 Å². The average molecular weight is 451 g/mol. The second kappa shape index (κ2) is 8.62. The third-order valence-electron chi connectivity index (χ3n) is 4.88. The highest BCUT2D eigenvalue weighted by molar-refractivity contribution is 7.12. The minimum atomic E-state index is -4.42. The molecule has 1 aliphatic heterocycles. The normalized spacial score (nSPS) is 16.1. The summed E-state index contributed by atoms with van der Waals surface area (Å²) in [5, 5.41) is 5.60. The lowest BCUT2D eigenvalue weighted by Crippen LogP contribution is -2.42. The molecule has 31 heavy (non-hydrogen) atoms. The van der Waals surface area contributed by atoms with Gasteiger partial charge in [-0.15, -0.1) is 11.3 Å². The van der Waals surface area contributed by atoms with E-state index in [0.717, 1.165) is 10.2 Å². The fourth-order valence-corrected chi connectivity index (χ4v) is 4.30. The Morgan fingerprint density at radius 1 is 1.23 bits per heavy atom. The van der Waals surface area contributed by atoms with E-state index >= 15 is 0 Å². The third-order valence-corrected chi connectivity index (χ3v) is 5.85. The molecule has 0 spiro atoms. The molecule has 1 unspecified atom stereocenters. The molecule has 4 rings (SSSR count). The molecule has 0 aliphatic carbocycles. The summed E-state index contributed by atoms with van der Waals surface area (Å²) in [6, 6.07) is 8.72. The number of para-hydroxylation sites is 2. The van der Waals surface area contributed by atoms with Crippen LogP contribution in [0.4, 0.5) is 19.0 Å². The van der Waals surface area contributed by atoms with E-state index in [9.17, 15) is 18.0 Å². The molecule has 1 aliphatic rings. The van der Waals surface area contributed by atoms with Gasteiger partial charge in [0.2, 0.25) is 0 Å². The van der Waals surface area contributed by atoms with Crippen LogP contribution in [0.1, 0.15) is 34.6 Å². The van der Waals surface area contributed by atoms with Crippen LogP contribution in [-0.2, 0) is 6.61 Å². The summed E-state index contributed by atoms with van der Waals surface area (Å²) < 4.78 is 52.0. The van der Waals surface area contributed by atoms with E-state index in [1.54, 1.807) is 17.5 Å². The van der Waals surface area contributed by atoms with Gasteiger partial charge in [-0.2, -0.15) is 18.3 Å². The summed E-state index contributed by atoms with van der Waals surface area (Å²) in [5.41, 5.74) is 0.790. The number of benzene rings is 1. The lowest BCUT2D eigenvalue weighted by Gasteiger charge is -2.33. The van der Waals surface area contributed by atoms with E-state index in [-0.39, 0.29) is 31.3 Å². The highest BCUT2D eigenvalue weighted by Crippen LogP contribution is 2.39. The molecule has 0 N–H and O–H groups in total. The number of alkyl halides is 3. The SMILES string of the molecule is CCOc1ccccc1OCc1csc(C(=O)N2CCC(C(F)(F)F)n3nccc32)c1. The molecule has 0 bridgehead atoms. The standard InChI is InChI=1S/C21H20F3N3O3S/c1-2-29-15-5-3-4-6-16(15)30-12-14-11-17(31-13-14)20(28)26-10-8-18(21(22,23)24)27-19(26)7-9-25-27/h3-7,9,11,13,18H,2,8,10,12H2,1H3. The van der Waals surface area contributed by atoms with E-state index in [1.165, 1.54) is 28.5 Å². The van der Waals surface area contributed by atoms with Crippen molar-refractivity contribution in [3.63, 3.8) is 0 Å². The van der Waals surface area contributed by atoms with E-state index < -0.39 is 12.2 Å². The van der Waals surface area contributed by atoms with Crippen LogP contribution in [0.15, 0.2) is 48.0 Å². The number of aromatic nitrogens is 2. The third kappa shape index (κ3) is 4.39. The van der Waals surface area contributed by atoms with Gasteiger partial charge >= 0.3 is 6.18 Å². The van der Waals surface area contributed by atoms with E-state index in [1.807, 2.05) is 25.1 Å². The van der Waals surface area contributed by atoms with E-state index in [0.29, 0.717) is 23.0 Å². The second-order valence-corrected chi connectivity index (χ2v) is 7.84. The van der Waals surface area contributed by atoms with Crippen molar-refractivity contribution in [3.8, 4) is 11.5 Å². The quantitative estimate of drug-likeness (QED) is 0.525. The van der Waals surface area contributed by atoms with Crippen LogP contribution in [-0.4, -0.2) is 35.0 Å². The Kier molecular flexibility index (Phi) is 5.90. The molecule has 0 radical (unpaired) electrons. The molecule has 3 aromatic rings. The fraction of sp³-hybridized carbons (Fsp3) is 0.333. The van der Waals surface area contributed by atoms with Gasteiger partial charge in [-0.1, -0.05) is 12.1 Å². The first kappa shape index (κ1) is 21.2. The number of amides is 1. The first-order valence-electron chi connectivity index (χ1n) is 9.72. The largest absolute Gasteiger partial charge is 0.490 e. The first-order chi connectivity index (χ1) is 14.9. The predicted molar refractivity (Wildman–Crippen MR) is 110 cm³/mol. The zero-order chi connectivity index (χ0) is 22.0. The van der Waals surface area contributed by atoms with Crippen LogP contribution < -0.4 is 14.4 Å². The maximum atomic E-state index is 13.3. The highest BCUT2D eigenvalue weighted by atomic mass is 32.1. The zero-order valence-corrected chi connectivity index (χ0v) is 17.4. The van der Waals surface area contributed by atoms with Crippen molar-refractivity contribution < 1.29 is 27.4 Å². The minimum Gasteiger partial charge on any atom is -0.490 e. The smallest absolute Gasteiger partial charge is 0.410 e. The number of fused-ring (bicyclic) bond motifs is 1. The summed E-state index contributed by atoms with van der Waals surface area (Å²) in [6.45, 7) is 2.61. The number of halogens is 3. The van der Waals surface area contributed by atoms with Crippen LogP contribution in [0, 0.1) is 0 Å². The number of nitrogens with zero attached hydrogens (tertiary/aromatic N) is 3. The molecule has 3 heterocycles. The van der Waals surface area contributed by atoms with Gasteiger partial charge in [-0.25, -0.2) is 4.68 Å². The summed E-state index contributed by atoms with van der Waals surface area (Å²) in [5.74, 6) is 1.03. The second-order valence-electron chi connectivity index (χ2n) is 6.92.